The summed E-state index contributed by atoms with van der Waals surface area (Å²) < 4.78 is 6.65. The molecular formula is C9H9NOSe. The van der Waals surface area contributed by atoms with E-state index >= 15 is 0 Å². The van der Waals surface area contributed by atoms with E-state index in [4.69, 9.17) is 4.74 Å². The molecule has 0 N–H and O–H groups in total. The summed E-state index contributed by atoms with van der Waals surface area (Å²) in [6.45, 7) is 2.73. The zero-order valence-electron chi connectivity index (χ0n) is 6.78. The molecule has 2 rings (SSSR count). The minimum absolute atomic E-state index is 0.376. The second kappa shape index (κ2) is 3.30. The molecule has 0 aromatic carbocycles. The summed E-state index contributed by atoms with van der Waals surface area (Å²) >= 11 is 0.376. The van der Waals surface area contributed by atoms with Crippen molar-refractivity contribution in [2.24, 2.45) is 0 Å². The fraction of sp³-hybridized carbons (Fsp3) is 0.222. The normalized spacial score (nSPS) is 10.4. The first-order valence-corrected chi connectivity index (χ1v) is 5.71. The van der Waals surface area contributed by atoms with Crippen LogP contribution >= 0.6 is 0 Å². The second-order valence-corrected chi connectivity index (χ2v) is 4.19. The predicted octanol–water partition coefficient (Wildman–Crippen LogP) is 1.69. The number of rotatable bonds is 2. The number of hydrogen-bond donors (Lipinski definition) is 0. The summed E-state index contributed by atoms with van der Waals surface area (Å²) in [4.78, 5) is 6.43. The maximum absolute atomic E-state index is 5.47. The molecule has 0 aliphatic heterocycles. The van der Waals surface area contributed by atoms with Crippen LogP contribution in [0.15, 0.2) is 23.3 Å². The monoisotopic (exact) mass is 227 g/mol. The van der Waals surface area contributed by atoms with Crippen LogP contribution in [0.5, 0.6) is 5.75 Å². The fourth-order valence-electron chi connectivity index (χ4n) is 1.11. The van der Waals surface area contributed by atoms with Crippen molar-refractivity contribution < 1.29 is 4.74 Å². The molecule has 0 atom stereocenters. The van der Waals surface area contributed by atoms with Gasteiger partial charge in [0.15, 0.2) is 0 Å². The molecule has 12 heavy (non-hydrogen) atoms. The molecule has 0 bridgehead atoms. The molecule has 0 spiro atoms. The molecule has 0 amide bonds. The summed E-state index contributed by atoms with van der Waals surface area (Å²) in [6, 6.07) is 4.02. The SMILES string of the molecule is CCOc1c[se]c2ncccc12. The van der Waals surface area contributed by atoms with Crippen molar-refractivity contribution in [2.75, 3.05) is 6.61 Å². The molecule has 62 valence electrons. The number of aromatic nitrogens is 1. The van der Waals surface area contributed by atoms with Gasteiger partial charge in [0.05, 0.1) is 0 Å². The zero-order valence-corrected chi connectivity index (χ0v) is 8.49. The third-order valence-corrected chi connectivity index (χ3v) is 3.46. The van der Waals surface area contributed by atoms with Gasteiger partial charge >= 0.3 is 76.6 Å². The van der Waals surface area contributed by atoms with Gasteiger partial charge in [-0.3, -0.25) is 0 Å². The number of ether oxygens (including phenoxy) is 1. The third kappa shape index (κ3) is 1.26. The molecule has 2 aromatic rings. The standard InChI is InChI=1S/C9H9NOSe/c1-2-11-8-6-12-9-7(8)4-3-5-10-9/h3-6H,2H2,1H3. The van der Waals surface area contributed by atoms with Crippen LogP contribution in [-0.2, 0) is 0 Å². The van der Waals surface area contributed by atoms with Crippen LogP contribution in [0.1, 0.15) is 6.92 Å². The summed E-state index contributed by atoms with van der Waals surface area (Å²) in [6.07, 6.45) is 1.84. The van der Waals surface area contributed by atoms with Crippen LogP contribution in [0, 0.1) is 0 Å². The quantitative estimate of drug-likeness (QED) is 0.727. The number of fused-ring (bicyclic) bond motifs is 1. The molecule has 2 aromatic heterocycles. The molecule has 0 saturated heterocycles. The Hall–Kier alpha value is -0.791. The van der Waals surface area contributed by atoms with Crippen molar-refractivity contribution in [3.8, 4) is 5.75 Å². The Morgan fingerprint density at radius 3 is 3.33 bits per heavy atom. The first-order valence-electron chi connectivity index (χ1n) is 3.87. The number of hydrogen-bond acceptors (Lipinski definition) is 2. The average molecular weight is 226 g/mol. The topological polar surface area (TPSA) is 22.1 Å². The van der Waals surface area contributed by atoms with Gasteiger partial charge in [-0.05, 0) is 0 Å². The molecule has 0 unspecified atom stereocenters. The van der Waals surface area contributed by atoms with Crippen LogP contribution in [0.3, 0.4) is 0 Å². The molecule has 0 aliphatic carbocycles. The van der Waals surface area contributed by atoms with Gasteiger partial charge < -0.3 is 0 Å². The Labute approximate surface area is 76.9 Å². The van der Waals surface area contributed by atoms with E-state index < -0.39 is 0 Å². The van der Waals surface area contributed by atoms with Gasteiger partial charge in [-0.15, -0.1) is 0 Å². The van der Waals surface area contributed by atoms with Crippen molar-refractivity contribution in [3.05, 3.63) is 23.3 Å². The van der Waals surface area contributed by atoms with E-state index in [9.17, 15) is 0 Å². The Bertz CT molecular complexity index is 383. The fourth-order valence-corrected chi connectivity index (χ4v) is 2.86. The second-order valence-electron chi connectivity index (χ2n) is 2.39. The van der Waals surface area contributed by atoms with Crippen molar-refractivity contribution in [2.45, 2.75) is 6.92 Å². The summed E-state index contributed by atoms with van der Waals surface area (Å²) in [5.41, 5.74) is 0. The van der Waals surface area contributed by atoms with Gasteiger partial charge in [0.2, 0.25) is 0 Å². The van der Waals surface area contributed by atoms with E-state index in [0.29, 0.717) is 14.5 Å². The van der Waals surface area contributed by atoms with Crippen LogP contribution in [-0.4, -0.2) is 26.1 Å². The van der Waals surface area contributed by atoms with Crippen molar-refractivity contribution in [3.63, 3.8) is 0 Å². The van der Waals surface area contributed by atoms with Gasteiger partial charge in [0.25, 0.3) is 0 Å². The van der Waals surface area contributed by atoms with E-state index in [0.717, 1.165) is 12.4 Å². The van der Waals surface area contributed by atoms with Gasteiger partial charge in [0, 0.05) is 0 Å². The molecule has 0 fully saturated rings. The molecule has 3 heteroatoms. The Morgan fingerprint density at radius 2 is 2.50 bits per heavy atom. The van der Waals surface area contributed by atoms with Crippen LogP contribution in [0.4, 0.5) is 0 Å². The van der Waals surface area contributed by atoms with Gasteiger partial charge in [-0.2, -0.15) is 0 Å². The van der Waals surface area contributed by atoms with Crippen LogP contribution in [0.2, 0.25) is 0 Å². The summed E-state index contributed by atoms with van der Waals surface area (Å²) in [5.74, 6) is 1.01. The van der Waals surface area contributed by atoms with Crippen LogP contribution < -0.4 is 4.74 Å². The van der Waals surface area contributed by atoms with Crippen molar-refractivity contribution in [1.29, 1.82) is 0 Å². The molecule has 0 radical (unpaired) electrons. The van der Waals surface area contributed by atoms with E-state index in [1.54, 1.807) is 0 Å². The number of nitrogens with zero attached hydrogens (tertiary/aromatic N) is 1. The predicted molar refractivity (Wildman–Crippen MR) is 49.9 cm³/mol. The van der Waals surface area contributed by atoms with E-state index in [-0.39, 0.29) is 0 Å². The van der Waals surface area contributed by atoms with Gasteiger partial charge in [0.1, 0.15) is 0 Å². The Morgan fingerprint density at radius 1 is 1.58 bits per heavy atom. The first-order chi connectivity index (χ1) is 5.92. The zero-order chi connectivity index (χ0) is 8.39. The summed E-state index contributed by atoms with van der Waals surface area (Å²) in [5, 5.41) is 1.18. The van der Waals surface area contributed by atoms with E-state index in [1.165, 1.54) is 9.78 Å². The van der Waals surface area contributed by atoms with Gasteiger partial charge in [-0.25, -0.2) is 0 Å². The van der Waals surface area contributed by atoms with Gasteiger partial charge in [-0.1, -0.05) is 0 Å². The first kappa shape index (κ1) is 7.84. The Balaban J connectivity index is 2.55. The van der Waals surface area contributed by atoms with Crippen LogP contribution in [0.25, 0.3) is 9.78 Å². The Kier molecular flexibility index (Phi) is 2.15. The molecule has 0 aliphatic rings. The minimum atomic E-state index is 0.376. The van der Waals surface area contributed by atoms with Crippen molar-refractivity contribution >= 4 is 24.3 Å². The number of pyridine rings is 1. The third-order valence-electron chi connectivity index (χ3n) is 1.61. The molecule has 2 nitrogen and oxygen atoms in total. The van der Waals surface area contributed by atoms with E-state index in [2.05, 4.69) is 16.0 Å². The summed E-state index contributed by atoms with van der Waals surface area (Å²) in [7, 11) is 0. The molecule has 0 saturated carbocycles. The van der Waals surface area contributed by atoms with E-state index in [1.807, 2.05) is 19.2 Å². The van der Waals surface area contributed by atoms with Crippen molar-refractivity contribution in [1.82, 2.24) is 4.98 Å². The maximum atomic E-state index is 5.47. The molecular weight excluding hydrogens is 217 g/mol. The average Bonchev–Trinajstić information content (AvgIpc) is 2.50. The molecule has 2 heterocycles.